The molecule has 0 radical (unpaired) electrons. The lowest BCUT2D eigenvalue weighted by atomic mass is 10.0. The molecular weight excluding hydrogens is 283 g/mol. The Morgan fingerprint density at radius 1 is 1.37 bits per heavy atom. The molecule has 2 aromatic rings. The topological polar surface area (TPSA) is 42.7 Å². The molecule has 2 aromatic heterocycles. The van der Waals surface area contributed by atoms with Crippen LogP contribution < -0.4 is 5.32 Å². The molecule has 4 nitrogen and oxygen atoms in total. The normalized spacial score (nSPS) is 12.7. The second-order valence-corrected chi connectivity index (χ2v) is 5.22. The monoisotopic (exact) mass is 298 g/mol. The minimum atomic E-state index is 0.0812. The number of halogens is 2. The third-order valence-corrected chi connectivity index (χ3v) is 3.83. The Bertz CT molecular complexity index is 563. The van der Waals surface area contributed by atoms with Gasteiger partial charge in [0.05, 0.1) is 22.5 Å². The summed E-state index contributed by atoms with van der Waals surface area (Å²) in [6.45, 7) is 1.96. The first-order chi connectivity index (χ1) is 9.02. The smallest absolute Gasteiger partial charge is 0.130 e. The first-order valence-corrected chi connectivity index (χ1v) is 6.75. The SMILES string of the molecule is CNC(Cc1c(C)nn(C)c1Cl)c1ccc(Cl)cn1. The summed E-state index contributed by atoms with van der Waals surface area (Å²) in [5.74, 6) is 0. The highest BCUT2D eigenvalue weighted by atomic mass is 35.5. The molecule has 0 aliphatic carbocycles. The van der Waals surface area contributed by atoms with E-state index in [9.17, 15) is 0 Å². The number of nitrogens with one attached hydrogen (secondary N) is 1. The molecule has 0 aliphatic rings. The second kappa shape index (κ2) is 5.90. The Morgan fingerprint density at radius 3 is 2.58 bits per heavy atom. The number of aromatic nitrogens is 3. The van der Waals surface area contributed by atoms with E-state index >= 15 is 0 Å². The van der Waals surface area contributed by atoms with E-state index < -0.39 is 0 Å². The van der Waals surface area contributed by atoms with Gasteiger partial charge in [0.1, 0.15) is 5.15 Å². The van der Waals surface area contributed by atoms with Gasteiger partial charge in [-0.3, -0.25) is 9.67 Å². The summed E-state index contributed by atoms with van der Waals surface area (Å²) >= 11 is 12.1. The van der Waals surface area contributed by atoms with E-state index in [-0.39, 0.29) is 6.04 Å². The van der Waals surface area contributed by atoms with E-state index in [0.717, 1.165) is 23.4 Å². The van der Waals surface area contributed by atoms with Gasteiger partial charge < -0.3 is 5.32 Å². The Balaban J connectivity index is 2.26. The van der Waals surface area contributed by atoms with Gasteiger partial charge in [-0.2, -0.15) is 5.10 Å². The summed E-state index contributed by atoms with van der Waals surface area (Å²) < 4.78 is 1.69. The van der Waals surface area contributed by atoms with Crippen molar-refractivity contribution in [1.82, 2.24) is 20.1 Å². The molecule has 1 N–H and O–H groups in total. The van der Waals surface area contributed by atoms with Crippen LogP contribution in [0.4, 0.5) is 0 Å². The maximum atomic E-state index is 6.26. The molecule has 0 bridgehead atoms. The molecule has 0 aliphatic heterocycles. The third kappa shape index (κ3) is 3.08. The zero-order valence-electron chi connectivity index (χ0n) is 11.1. The summed E-state index contributed by atoms with van der Waals surface area (Å²) in [7, 11) is 3.74. The molecule has 0 saturated carbocycles. The molecule has 0 fully saturated rings. The molecule has 0 aromatic carbocycles. The van der Waals surface area contributed by atoms with Crippen LogP contribution in [0.2, 0.25) is 10.2 Å². The van der Waals surface area contributed by atoms with Gasteiger partial charge in [0, 0.05) is 18.8 Å². The van der Waals surface area contributed by atoms with Gasteiger partial charge in [-0.1, -0.05) is 23.2 Å². The van der Waals surface area contributed by atoms with Crippen molar-refractivity contribution in [3.63, 3.8) is 0 Å². The van der Waals surface area contributed by atoms with Crippen molar-refractivity contribution in [2.45, 2.75) is 19.4 Å². The van der Waals surface area contributed by atoms with Gasteiger partial charge in [0.2, 0.25) is 0 Å². The molecule has 1 unspecified atom stereocenters. The summed E-state index contributed by atoms with van der Waals surface area (Å²) in [4.78, 5) is 4.35. The lowest BCUT2D eigenvalue weighted by Gasteiger charge is -2.15. The summed E-state index contributed by atoms with van der Waals surface area (Å²) in [6, 6.07) is 3.84. The Labute approximate surface area is 122 Å². The van der Waals surface area contributed by atoms with E-state index in [1.54, 1.807) is 10.9 Å². The van der Waals surface area contributed by atoms with Crippen molar-refractivity contribution in [1.29, 1.82) is 0 Å². The van der Waals surface area contributed by atoms with Crippen molar-refractivity contribution in [2.75, 3.05) is 7.05 Å². The van der Waals surface area contributed by atoms with Gasteiger partial charge in [-0.25, -0.2) is 0 Å². The van der Waals surface area contributed by atoms with Crippen molar-refractivity contribution in [2.24, 2.45) is 7.05 Å². The number of pyridine rings is 1. The fourth-order valence-corrected chi connectivity index (χ4v) is 2.42. The lowest BCUT2D eigenvalue weighted by Crippen LogP contribution is -2.20. The Hall–Kier alpha value is -1.10. The fraction of sp³-hybridized carbons (Fsp3) is 0.385. The van der Waals surface area contributed by atoms with E-state index in [0.29, 0.717) is 10.2 Å². The van der Waals surface area contributed by atoms with Crippen molar-refractivity contribution in [3.05, 3.63) is 45.5 Å². The van der Waals surface area contributed by atoms with Gasteiger partial charge in [0.25, 0.3) is 0 Å². The van der Waals surface area contributed by atoms with Crippen LogP contribution in [0.25, 0.3) is 0 Å². The number of nitrogens with zero attached hydrogens (tertiary/aromatic N) is 3. The van der Waals surface area contributed by atoms with E-state index in [2.05, 4.69) is 15.4 Å². The van der Waals surface area contributed by atoms with Gasteiger partial charge in [0.15, 0.2) is 0 Å². The minimum Gasteiger partial charge on any atom is -0.311 e. The van der Waals surface area contributed by atoms with Gasteiger partial charge >= 0.3 is 0 Å². The van der Waals surface area contributed by atoms with Crippen LogP contribution in [-0.4, -0.2) is 21.8 Å². The zero-order chi connectivity index (χ0) is 14.0. The van der Waals surface area contributed by atoms with E-state index in [4.69, 9.17) is 23.2 Å². The Morgan fingerprint density at radius 2 is 2.11 bits per heavy atom. The molecule has 102 valence electrons. The quantitative estimate of drug-likeness (QED) is 0.944. The molecule has 6 heteroatoms. The van der Waals surface area contributed by atoms with Crippen molar-refractivity contribution >= 4 is 23.2 Å². The van der Waals surface area contributed by atoms with Crippen LogP contribution in [0.3, 0.4) is 0 Å². The maximum absolute atomic E-state index is 6.26. The van der Waals surface area contributed by atoms with Crippen molar-refractivity contribution < 1.29 is 0 Å². The van der Waals surface area contributed by atoms with Crippen LogP contribution in [0.5, 0.6) is 0 Å². The van der Waals surface area contributed by atoms with Crippen LogP contribution >= 0.6 is 23.2 Å². The van der Waals surface area contributed by atoms with Crippen LogP contribution in [0, 0.1) is 6.92 Å². The largest absolute Gasteiger partial charge is 0.311 e. The average molecular weight is 299 g/mol. The van der Waals surface area contributed by atoms with E-state index in [1.165, 1.54) is 0 Å². The molecule has 0 spiro atoms. The highest BCUT2D eigenvalue weighted by Gasteiger charge is 2.18. The number of rotatable bonds is 4. The fourth-order valence-electron chi connectivity index (χ4n) is 2.06. The standard InChI is InChI=1S/C13H16Cl2N4/c1-8-10(13(15)19(3)18-8)6-12(16-2)11-5-4-9(14)7-17-11/h4-5,7,12,16H,6H2,1-3H3. The third-order valence-electron chi connectivity index (χ3n) is 3.13. The summed E-state index contributed by atoms with van der Waals surface area (Å²) in [5.41, 5.74) is 2.92. The molecule has 0 saturated heterocycles. The van der Waals surface area contributed by atoms with E-state index in [1.807, 2.05) is 33.2 Å². The molecule has 19 heavy (non-hydrogen) atoms. The van der Waals surface area contributed by atoms with Crippen LogP contribution in [-0.2, 0) is 13.5 Å². The maximum Gasteiger partial charge on any atom is 0.130 e. The second-order valence-electron chi connectivity index (χ2n) is 4.43. The molecule has 2 rings (SSSR count). The molecular formula is C13H16Cl2N4. The highest BCUT2D eigenvalue weighted by Crippen LogP contribution is 2.25. The molecule has 1 atom stereocenters. The van der Waals surface area contributed by atoms with Crippen LogP contribution in [0.1, 0.15) is 23.0 Å². The Kier molecular flexibility index (Phi) is 4.45. The van der Waals surface area contributed by atoms with Gasteiger partial charge in [-0.05, 0) is 32.5 Å². The van der Waals surface area contributed by atoms with Crippen molar-refractivity contribution in [3.8, 4) is 0 Å². The lowest BCUT2D eigenvalue weighted by molar-refractivity contribution is 0.574. The van der Waals surface area contributed by atoms with Crippen LogP contribution in [0.15, 0.2) is 18.3 Å². The van der Waals surface area contributed by atoms with Gasteiger partial charge in [-0.15, -0.1) is 0 Å². The summed E-state index contributed by atoms with van der Waals surface area (Å²) in [6.07, 6.45) is 2.39. The molecule has 0 amide bonds. The summed E-state index contributed by atoms with van der Waals surface area (Å²) in [5, 5.41) is 8.88. The number of hydrogen-bond acceptors (Lipinski definition) is 3. The highest BCUT2D eigenvalue weighted by molar-refractivity contribution is 6.30. The molecule has 2 heterocycles. The number of hydrogen-bond donors (Lipinski definition) is 1. The predicted molar refractivity (Wildman–Crippen MR) is 77.7 cm³/mol. The zero-order valence-corrected chi connectivity index (χ0v) is 12.6. The number of aryl methyl sites for hydroxylation is 2. The minimum absolute atomic E-state index is 0.0812. The predicted octanol–water partition coefficient (Wildman–Crippen LogP) is 2.93. The average Bonchev–Trinajstić information content (AvgIpc) is 2.63. The first kappa shape index (κ1) is 14.3. The first-order valence-electron chi connectivity index (χ1n) is 5.99. The number of likely N-dealkylation sites (N-methyl/N-ethyl adjacent to an activating group) is 1.